The van der Waals surface area contributed by atoms with E-state index in [-0.39, 0.29) is 12.6 Å². The van der Waals surface area contributed by atoms with Gasteiger partial charge in [-0.2, -0.15) is 0 Å². The van der Waals surface area contributed by atoms with Gasteiger partial charge in [0, 0.05) is 6.54 Å². The zero-order chi connectivity index (χ0) is 18.1. The Hall–Kier alpha value is -2.53. The molecule has 0 radical (unpaired) electrons. The number of benzene rings is 2. The van der Waals surface area contributed by atoms with E-state index in [1.165, 1.54) is 12.7 Å². The first kappa shape index (κ1) is 18.8. The van der Waals surface area contributed by atoms with E-state index >= 15 is 0 Å². The molecule has 0 saturated carbocycles. The average Bonchev–Trinajstić information content (AvgIpc) is 2.65. The third kappa shape index (κ3) is 5.80. The molecule has 0 aliphatic carbocycles. The summed E-state index contributed by atoms with van der Waals surface area (Å²) in [5.74, 6) is 1.13. The van der Waals surface area contributed by atoms with Crippen molar-refractivity contribution >= 4 is 5.97 Å². The predicted molar refractivity (Wildman–Crippen MR) is 97.0 cm³/mol. The molecule has 0 saturated heterocycles. The molecule has 2 rings (SSSR count). The monoisotopic (exact) mass is 343 g/mol. The highest BCUT2D eigenvalue weighted by atomic mass is 16.5. The lowest BCUT2D eigenvalue weighted by atomic mass is 10.0. The zero-order valence-electron chi connectivity index (χ0n) is 15.0. The zero-order valence-corrected chi connectivity index (χ0v) is 15.0. The standard InChI is InChI=1S/C20H25NO4/c1-16-9-11-18(12-10-16)24-14-13-21-20(2,19(22)23-3)15-25-17-7-5-4-6-8-17/h4-12,21H,13-15H2,1-3H3/t20-/m1/s1. The smallest absolute Gasteiger partial charge is 0.329 e. The van der Waals surface area contributed by atoms with Crippen LogP contribution in [-0.2, 0) is 9.53 Å². The van der Waals surface area contributed by atoms with Crippen molar-refractivity contribution in [2.45, 2.75) is 19.4 Å². The number of rotatable bonds is 9. The largest absolute Gasteiger partial charge is 0.492 e. The first-order valence-corrected chi connectivity index (χ1v) is 8.24. The van der Waals surface area contributed by atoms with Gasteiger partial charge >= 0.3 is 5.97 Å². The topological polar surface area (TPSA) is 56.8 Å². The van der Waals surface area contributed by atoms with Crippen LogP contribution in [-0.4, -0.2) is 38.4 Å². The van der Waals surface area contributed by atoms with Gasteiger partial charge in [-0.1, -0.05) is 35.9 Å². The molecule has 25 heavy (non-hydrogen) atoms. The summed E-state index contributed by atoms with van der Waals surface area (Å²) in [6, 6.07) is 17.2. The second-order valence-electron chi connectivity index (χ2n) is 6.01. The average molecular weight is 343 g/mol. The summed E-state index contributed by atoms with van der Waals surface area (Å²) in [7, 11) is 1.37. The van der Waals surface area contributed by atoms with E-state index in [9.17, 15) is 4.79 Å². The number of methoxy groups -OCH3 is 1. The lowest BCUT2D eigenvalue weighted by Crippen LogP contribution is -2.55. The van der Waals surface area contributed by atoms with Crippen LogP contribution < -0.4 is 14.8 Å². The van der Waals surface area contributed by atoms with Crippen molar-refractivity contribution in [2.75, 3.05) is 26.9 Å². The minimum absolute atomic E-state index is 0.161. The molecule has 1 atom stereocenters. The van der Waals surface area contributed by atoms with Crippen LogP contribution in [0.4, 0.5) is 0 Å². The van der Waals surface area contributed by atoms with Crippen LogP contribution in [0.5, 0.6) is 11.5 Å². The number of carbonyl (C=O) groups is 1. The van der Waals surface area contributed by atoms with Crippen molar-refractivity contribution in [2.24, 2.45) is 0 Å². The van der Waals surface area contributed by atoms with Gasteiger partial charge in [0.25, 0.3) is 0 Å². The van der Waals surface area contributed by atoms with Gasteiger partial charge in [-0.25, -0.2) is 4.79 Å². The van der Waals surface area contributed by atoms with Crippen molar-refractivity contribution < 1.29 is 19.0 Å². The lowest BCUT2D eigenvalue weighted by molar-refractivity contribution is -0.149. The molecule has 0 aliphatic rings. The number of nitrogens with one attached hydrogen (secondary N) is 1. The molecule has 0 spiro atoms. The summed E-state index contributed by atoms with van der Waals surface area (Å²) in [5.41, 5.74) is 0.225. The number of aryl methyl sites for hydroxylation is 1. The van der Waals surface area contributed by atoms with Gasteiger partial charge in [-0.15, -0.1) is 0 Å². The van der Waals surface area contributed by atoms with E-state index in [4.69, 9.17) is 14.2 Å². The van der Waals surface area contributed by atoms with Crippen LogP contribution in [0.2, 0.25) is 0 Å². The van der Waals surface area contributed by atoms with Crippen LogP contribution in [0.3, 0.4) is 0 Å². The van der Waals surface area contributed by atoms with Crippen molar-refractivity contribution in [1.29, 1.82) is 0 Å². The Morgan fingerprint density at radius 2 is 1.64 bits per heavy atom. The summed E-state index contributed by atoms with van der Waals surface area (Å²) >= 11 is 0. The van der Waals surface area contributed by atoms with Crippen molar-refractivity contribution in [3.8, 4) is 11.5 Å². The molecule has 0 aliphatic heterocycles. The minimum Gasteiger partial charge on any atom is -0.492 e. The first-order chi connectivity index (χ1) is 12.0. The SMILES string of the molecule is COC(=O)[C@@](C)(COc1ccccc1)NCCOc1ccc(C)cc1. The van der Waals surface area contributed by atoms with Gasteiger partial charge in [0.15, 0.2) is 0 Å². The Morgan fingerprint density at radius 3 is 2.28 bits per heavy atom. The summed E-state index contributed by atoms with van der Waals surface area (Å²) in [6.07, 6.45) is 0. The Kier molecular flexibility index (Phi) is 6.83. The maximum atomic E-state index is 12.2. The van der Waals surface area contributed by atoms with E-state index in [0.717, 1.165) is 5.75 Å². The molecular weight excluding hydrogens is 318 g/mol. The Balaban J connectivity index is 1.86. The Labute approximate surface area is 148 Å². The molecule has 0 heterocycles. The fourth-order valence-corrected chi connectivity index (χ4v) is 2.28. The van der Waals surface area contributed by atoms with Gasteiger partial charge in [-0.05, 0) is 38.1 Å². The Morgan fingerprint density at radius 1 is 1.00 bits per heavy atom. The molecule has 0 fully saturated rings. The molecule has 5 nitrogen and oxygen atoms in total. The Bertz CT molecular complexity index is 657. The predicted octanol–water partition coefficient (Wildman–Crippen LogP) is 2.97. The quantitative estimate of drug-likeness (QED) is 0.560. The molecule has 5 heteroatoms. The van der Waals surface area contributed by atoms with Crippen LogP contribution in [0, 0.1) is 6.92 Å². The van der Waals surface area contributed by atoms with Gasteiger partial charge in [-0.3, -0.25) is 5.32 Å². The second kappa shape index (κ2) is 9.08. The normalized spacial score (nSPS) is 12.9. The van der Waals surface area contributed by atoms with E-state index in [2.05, 4.69) is 5.32 Å². The van der Waals surface area contributed by atoms with E-state index in [0.29, 0.717) is 18.9 Å². The molecule has 0 bridgehead atoms. The first-order valence-electron chi connectivity index (χ1n) is 8.24. The molecular formula is C20H25NO4. The fourth-order valence-electron chi connectivity index (χ4n) is 2.28. The van der Waals surface area contributed by atoms with Crippen LogP contribution in [0.25, 0.3) is 0 Å². The van der Waals surface area contributed by atoms with Crippen LogP contribution in [0.15, 0.2) is 54.6 Å². The summed E-state index contributed by atoms with van der Waals surface area (Å²) in [4.78, 5) is 12.2. The lowest BCUT2D eigenvalue weighted by Gasteiger charge is -2.28. The van der Waals surface area contributed by atoms with Crippen molar-refractivity contribution in [3.05, 3.63) is 60.2 Å². The summed E-state index contributed by atoms with van der Waals surface area (Å²) in [5, 5.41) is 3.17. The molecule has 134 valence electrons. The highest BCUT2D eigenvalue weighted by molar-refractivity contribution is 5.80. The number of esters is 1. The van der Waals surface area contributed by atoms with E-state index in [1.54, 1.807) is 6.92 Å². The minimum atomic E-state index is -0.957. The van der Waals surface area contributed by atoms with E-state index < -0.39 is 5.54 Å². The van der Waals surface area contributed by atoms with Crippen molar-refractivity contribution in [3.63, 3.8) is 0 Å². The summed E-state index contributed by atoms with van der Waals surface area (Å²) in [6.45, 7) is 4.86. The fraction of sp³-hybridized carbons (Fsp3) is 0.350. The van der Waals surface area contributed by atoms with Gasteiger partial charge in [0.05, 0.1) is 7.11 Å². The third-order valence-corrected chi connectivity index (χ3v) is 3.81. The maximum absolute atomic E-state index is 12.2. The molecule has 0 amide bonds. The van der Waals surface area contributed by atoms with Gasteiger partial charge < -0.3 is 14.2 Å². The maximum Gasteiger partial charge on any atom is 0.329 e. The van der Waals surface area contributed by atoms with Crippen molar-refractivity contribution in [1.82, 2.24) is 5.32 Å². The highest BCUT2D eigenvalue weighted by Gasteiger charge is 2.35. The number of hydrogen-bond acceptors (Lipinski definition) is 5. The number of ether oxygens (including phenoxy) is 3. The molecule has 0 unspecified atom stereocenters. The highest BCUT2D eigenvalue weighted by Crippen LogP contribution is 2.14. The van der Waals surface area contributed by atoms with E-state index in [1.807, 2.05) is 61.5 Å². The molecule has 2 aromatic carbocycles. The van der Waals surface area contributed by atoms with Crippen LogP contribution in [0.1, 0.15) is 12.5 Å². The number of para-hydroxylation sites is 1. The number of hydrogen-bond donors (Lipinski definition) is 1. The van der Waals surface area contributed by atoms with Gasteiger partial charge in [0.1, 0.15) is 30.3 Å². The molecule has 2 aromatic rings. The number of carbonyl (C=O) groups excluding carboxylic acids is 1. The third-order valence-electron chi connectivity index (χ3n) is 3.81. The molecule has 1 N–H and O–H groups in total. The van der Waals surface area contributed by atoms with Crippen LogP contribution >= 0.6 is 0 Å². The summed E-state index contributed by atoms with van der Waals surface area (Å²) < 4.78 is 16.3. The van der Waals surface area contributed by atoms with Gasteiger partial charge in [0.2, 0.25) is 0 Å². The molecule has 0 aromatic heterocycles. The second-order valence-corrected chi connectivity index (χ2v) is 6.01.